The van der Waals surface area contributed by atoms with Crippen LogP contribution in [0.15, 0.2) is 36.1 Å². The van der Waals surface area contributed by atoms with E-state index in [0.717, 1.165) is 0 Å². The second kappa shape index (κ2) is 4.80. The molecular formula is C12H13N3O3. The number of primary amides is 1. The Kier molecular flexibility index (Phi) is 3.20. The minimum absolute atomic E-state index is 0.237. The summed E-state index contributed by atoms with van der Waals surface area (Å²) in [6.07, 6.45) is 3.81. The van der Waals surface area contributed by atoms with Crippen LogP contribution in [0.5, 0.6) is 0 Å². The first-order chi connectivity index (χ1) is 8.58. The van der Waals surface area contributed by atoms with Crippen molar-refractivity contribution in [1.29, 1.82) is 0 Å². The Hall–Kier alpha value is -2.47. The van der Waals surface area contributed by atoms with Gasteiger partial charge in [-0.3, -0.25) is 4.79 Å². The maximum atomic E-state index is 11.4. The number of rotatable bonds is 3. The van der Waals surface area contributed by atoms with Gasteiger partial charge in [0.25, 0.3) is 0 Å². The van der Waals surface area contributed by atoms with E-state index < -0.39 is 12.0 Å². The number of carbonyl (C=O) groups excluding carboxylic acids is 1. The molecule has 1 aliphatic rings. The molecule has 0 saturated heterocycles. The SMILES string of the molecule is NC(=O)/C(=C\c1cc(N)ccc1N)C1C=COO1. The Balaban J connectivity index is 2.41. The van der Waals surface area contributed by atoms with Crippen molar-refractivity contribution in [3.63, 3.8) is 0 Å². The van der Waals surface area contributed by atoms with E-state index in [-0.39, 0.29) is 5.57 Å². The number of amides is 1. The van der Waals surface area contributed by atoms with Gasteiger partial charge in [-0.2, -0.15) is 4.89 Å². The summed E-state index contributed by atoms with van der Waals surface area (Å²) in [5.41, 5.74) is 18.6. The van der Waals surface area contributed by atoms with Gasteiger partial charge < -0.3 is 22.1 Å². The molecule has 6 heteroatoms. The Morgan fingerprint density at radius 1 is 1.33 bits per heavy atom. The molecule has 94 valence electrons. The van der Waals surface area contributed by atoms with Crippen LogP contribution in [0.25, 0.3) is 6.08 Å². The van der Waals surface area contributed by atoms with Crippen LogP contribution >= 0.6 is 0 Å². The molecule has 1 atom stereocenters. The van der Waals surface area contributed by atoms with Crippen molar-refractivity contribution in [2.24, 2.45) is 5.73 Å². The summed E-state index contributed by atoms with van der Waals surface area (Å²) >= 11 is 0. The second-order valence-electron chi connectivity index (χ2n) is 3.79. The van der Waals surface area contributed by atoms with Crippen LogP contribution in [0.4, 0.5) is 11.4 Å². The van der Waals surface area contributed by atoms with Gasteiger partial charge in [-0.1, -0.05) is 0 Å². The first-order valence-electron chi connectivity index (χ1n) is 5.23. The van der Waals surface area contributed by atoms with E-state index in [9.17, 15) is 4.79 Å². The molecule has 6 nitrogen and oxygen atoms in total. The molecule has 1 amide bonds. The summed E-state index contributed by atoms with van der Waals surface area (Å²) < 4.78 is 0. The molecule has 2 rings (SSSR count). The number of nitrogen functional groups attached to an aromatic ring is 2. The van der Waals surface area contributed by atoms with Gasteiger partial charge in [-0.15, -0.1) is 0 Å². The summed E-state index contributed by atoms with van der Waals surface area (Å²) in [6, 6.07) is 4.98. The molecule has 0 saturated carbocycles. The number of hydrogen-bond donors (Lipinski definition) is 3. The van der Waals surface area contributed by atoms with E-state index in [1.54, 1.807) is 24.3 Å². The van der Waals surface area contributed by atoms with Gasteiger partial charge in [0.15, 0.2) is 6.10 Å². The van der Waals surface area contributed by atoms with Crippen LogP contribution in [-0.2, 0) is 14.6 Å². The fraction of sp³-hybridized carbons (Fsp3) is 0.0833. The predicted molar refractivity (Wildman–Crippen MR) is 67.5 cm³/mol. The van der Waals surface area contributed by atoms with Crippen molar-refractivity contribution in [2.75, 3.05) is 11.5 Å². The van der Waals surface area contributed by atoms with E-state index in [1.165, 1.54) is 12.3 Å². The van der Waals surface area contributed by atoms with Crippen LogP contribution in [0, 0.1) is 0 Å². The molecule has 0 spiro atoms. The highest BCUT2D eigenvalue weighted by Crippen LogP contribution is 2.22. The second-order valence-corrected chi connectivity index (χ2v) is 3.79. The van der Waals surface area contributed by atoms with Crippen molar-refractivity contribution >= 4 is 23.4 Å². The molecule has 0 fully saturated rings. The minimum Gasteiger partial charge on any atom is -0.399 e. The van der Waals surface area contributed by atoms with Gasteiger partial charge in [0.2, 0.25) is 5.91 Å². The lowest BCUT2D eigenvalue weighted by Gasteiger charge is -2.09. The minimum atomic E-state index is -0.636. The quantitative estimate of drug-likeness (QED) is 0.410. The molecule has 0 bridgehead atoms. The molecule has 1 aromatic carbocycles. The monoisotopic (exact) mass is 247 g/mol. The molecule has 18 heavy (non-hydrogen) atoms. The lowest BCUT2D eigenvalue weighted by atomic mass is 10.0. The maximum absolute atomic E-state index is 11.4. The van der Waals surface area contributed by atoms with Crippen LogP contribution in [-0.4, -0.2) is 12.0 Å². The zero-order chi connectivity index (χ0) is 13.1. The zero-order valence-electron chi connectivity index (χ0n) is 9.50. The highest BCUT2D eigenvalue weighted by Gasteiger charge is 2.22. The van der Waals surface area contributed by atoms with Gasteiger partial charge in [0.05, 0.1) is 5.57 Å². The number of carbonyl (C=O) groups is 1. The van der Waals surface area contributed by atoms with E-state index in [4.69, 9.17) is 22.1 Å². The van der Waals surface area contributed by atoms with Gasteiger partial charge in [-0.25, -0.2) is 0 Å². The predicted octanol–water partition coefficient (Wildman–Crippen LogP) is 0.564. The fourth-order valence-corrected chi connectivity index (χ4v) is 1.56. The third-order valence-electron chi connectivity index (χ3n) is 2.48. The lowest BCUT2D eigenvalue weighted by molar-refractivity contribution is -0.243. The summed E-state index contributed by atoms with van der Waals surface area (Å²) in [5, 5.41) is 0. The van der Waals surface area contributed by atoms with E-state index in [1.807, 2.05) is 0 Å². The molecule has 1 heterocycles. The number of hydrogen-bond acceptors (Lipinski definition) is 5. The molecule has 0 radical (unpaired) electrons. The molecule has 1 unspecified atom stereocenters. The largest absolute Gasteiger partial charge is 0.399 e. The van der Waals surface area contributed by atoms with Crippen molar-refractivity contribution in [3.05, 3.63) is 41.7 Å². The maximum Gasteiger partial charge on any atom is 0.247 e. The lowest BCUT2D eigenvalue weighted by Crippen LogP contribution is -2.23. The standard InChI is InChI=1S/C12H13N3O3/c13-8-1-2-10(14)7(5-8)6-9(12(15)16)11-3-4-17-18-11/h1-6,11H,13-14H2,(H2,15,16)/b9-6-. The topological polar surface area (TPSA) is 114 Å². The first kappa shape index (κ1) is 12.0. The summed E-state index contributed by atoms with van der Waals surface area (Å²) in [7, 11) is 0. The Morgan fingerprint density at radius 3 is 2.72 bits per heavy atom. The van der Waals surface area contributed by atoms with Crippen molar-refractivity contribution < 1.29 is 14.6 Å². The van der Waals surface area contributed by atoms with Crippen molar-refractivity contribution in [2.45, 2.75) is 6.10 Å². The fourth-order valence-electron chi connectivity index (χ4n) is 1.56. The van der Waals surface area contributed by atoms with Gasteiger partial charge in [0.1, 0.15) is 6.26 Å². The molecule has 1 aromatic rings. The van der Waals surface area contributed by atoms with Crippen LogP contribution in [0.3, 0.4) is 0 Å². The molecule has 6 N–H and O–H groups in total. The third-order valence-corrected chi connectivity index (χ3v) is 2.48. The average molecular weight is 247 g/mol. The van der Waals surface area contributed by atoms with Crippen molar-refractivity contribution in [3.8, 4) is 0 Å². The van der Waals surface area contributed by atoms with Gasteiger partial charge >= 0.3 is 0 Å². The first-order valence-corrected chi connectivity index (χ1v) is 5.23. The number of anilines is 2. The normalized spacial score (nSPS) is 18.7. The highest BCUT2D eigenvalue weighted by molar-refractivity contribution is 5.99. The Bertz CT molecular complexity index is 537. The third kappa shape index (κ3) is 2.44. The Labute approximate surface area is 104 Å². The number of nitrogens with two attached hydrogens (primary N) is 3. The summed E-state index contributed by atoms with van der Waals surface area (Å²) in [5.74, 6) is -0.614. The molecular weight excluding hydrogens is 234 g/mol. The average Bonchev–Trinajstić information content (AvgIpc) is 2.83. The van der Waals surface area contributed by atoms with E-state index in [2.05, 4.69) is 4.89 Å². The van der Waals surface area contributed by atoms with Crippen LogP contribution < -0.4 is 17.2 Å². The smallest absolute Gasteiger partial charge is 0.247 e. The molecule has 0 aliphatic carbocycles. The summed E-state index contributed by atoms with van der Waals surface area (Å²) in [6.45, 7) is 0. The molecule has 0 aromatic heterocycles. The highest BCUT2D eigenvalue weighted by atomic mass is 17.2. The van der Waals surface area contributed by atoms with E-state index in [0.29, 0.717) is 16.9 Å². The molecule has 1 aliphatic heterocycles. The zero-order valence-corrected chi connectivity index (χ0v) is 9.50. The Morgan fingerprint density at radius 2 is 2.11 bits per heavy atom. The summed E-state index contributed by atoms with van der Waals surface area (Å²) in [4.78, 5) is 20.9. The van der Waals surface area contributed by atoms with Gasteiger partial charge in [0, 0.05) is 11.4 Å². The van der Waals surface area contributed by atoms with Gasteiger partial charge in [-0.05, 0) is 35.9 Å². The van der Waals surface area contributed by atoms with Crippen molar-refractivity contribution in [1.82, 2.24) is 0 Å². The van der Waals surface area contributed by atoms with Crippen LogP contribution in [0.2, 0.25) is 0 Å². The van der Waals surface area contributed by atoms with Crippen LogP contribution in [0.1, 0.15) is 5.56 Å². The van der Waals surface area contributed by atoms with E-state index >= 15 is 0 Å². The number of benzene rings is 1.